The molecule has 1 aromatic carbocycles. The molecule has 1 aliphatic heterocycles. The molecule has 4 atom stereocenters. The summed E-state index contributed by atoms with van der Waals surface area (Å²) in [5, 5.41) is 17.8. The van der Waals surface area contributed by atoms with E-state index in [4.69, 9.17) is 0 Å². The Bertz CT molecular complexity index is 1270. The number of hydrogen-bond acceptors (Lipinski definition) is 5. The number of aliphatic hydroxyl groups excluding tert-OH is 1. The molecule has 39 heavy (non-hydrogen) atoms. The number of hydrogen-bond donors (Lipinski definition) is 2. The highest BCUT2D eigenvalue weighted by atomic mass is 19.1. The fraction of sp³-hybridized carbons (Fsp3) is 0.536. The number of allylic oxidation sites excluding steroid dienone is 4. The van der Waals surface area contributed by atoms with Crippen LogP contribution >= 0.6 is 0 Å². The number of nitrogens with one attached hydrogen (secondary N) is 1. The van der Waals surface area contributed by atoms with Crippen LogP contribution in [0.15, 0.2) is 42.0 Å². The lowest BCUT2D eigenvalue weighted by Crippen LogP contribution is -2.49. The van der Waals surface area contributed by atoms with E-state index in [-0.39, 0.29) is 49.7 Å². The number of carbonyl (C=O) groups is 1. The first-order valence-corrected chi connectivity index (χ1v) is 13.1. The number of carbonyl (C=O) groups excluding carboxylic acids is 1. The lowest BCUT2D eigenvalue weighted by Gasteiger charge is -2.41. The van der Waals surface area contributed by atoms with Gasteiger partial charge in [0.1, 0.15) is 29.7 Å². The number of rotatable bonds is 8. The summed E-state index contributed by atoms with van der Waals surface area (Å²) >= 11 is 0. The summed E-state index contributed by atoms with van der Waals surface area (Å²) in [4.78, 5) is 19.4. The lowest BCUT2D eigenvalue weighted by molar-refractivity contribution is -0.146. The average molecular weight is 550 g/mol. The van der Waals surface area contributed by atoms with Gasteiger partial charge < -0.3 is 15.3 Å². The molecule has 2 N–H and O–H groups in total. The Morgan fingerprint density at radius 1 is 1.23 bits per heavy atom. The first-order chi connectivity index (χ1) is 18.3. The van der Waals surface area contributed by atoms with E-state index >= 15 is 0 Å². The Kier molecular flexibility index (Phi) is 8.60. The number of alkyl halides is 1. The van der Waals surface area contributed by atoms with Crippen molar-refractivity contribution < 1.29 is 27.5 Å². The summed E-state index contributed by atoms with van der Waals surface area (Å²) in [6.45, 7) is 7.46. The number of aliphatic hydroxyl groups is 1. The van der Waals surface area contributed by atoms with Crippen LogP contribution in [0.25, 0.3) is 5.57 Å². The third-order valence-corrected chi connectivity index (χ3v) is 7.04. The van der Waals surface area contributed by atoms with Gasteiger partial charge in [-0.25, -0.2) is 27.2 Å². The SMILES string of the molecule is C[C@H](O)C(=O)N(C[C@@H]1CNC[C@@H]1F)[C@@H](c1nc(C2=C(F)CCC(F)=C2)nn1Cc1cccc(F)c1)C(C)(C)C. The van der Waals surface area contributed by atoms with E-state index in [1.807, 2.05) is 20.8 Å². The van der Waals surface area contributed by atoms with Crippen LogP contribution in [0.2, 0.25) is 0 Å². The van der Waals surface area contributed by atoms with Gasteiger partial charge in [-0.15, -0.1) is 0 Å². The monoisotopic (exact) mass is 549 g/mol. The first-order valence-electron chi connectivity index (χ1n) is 13.1. The van der Waals surface area contributed by atoms with Gasteiger partial charge in [0.05, 0.1) is 18.2 Å². The van der Waals surface area contributed by atoms with Crippen LogP contribution < -0.4 is 5.32 Å². The summed E-state index contributed by atoms with van der Waals surface area (Å²) in [6, 6.07) is 5.02. The van der Waals surface area contributed by atoms with Crippen LogP contribution in [0.4, 0.5) is 17.6 Å². The molecule has 1 aromatic heterocycles. The Hall–Kier alpha value is -3.05. The second-order valence-electron chi connectivity index (χ2n) is 11.4. The van der Waals surface area contributed by atoms with Crippen LogP contribution in [-0.2, 0) is 11.3 Å². The molecule has 2 aliphatic rings. The van der Waals surface area contributed by atoms with E-state index in [9.17, 15) is 27.5 Å². The number of aromatic nitrogens is 3. The molecule has 2 aromatic rings. The van der Waals surface area contributed by atoms with Crippen LogP contribution in [0.5, 0.6) is 0 Å². The maximum absolute atomic E-state index is 14.9. The lowest BCUT2D eigenvalue weighted by atomic mass is 9.84. The van der Waals surface area contributed by atoms with E-state index < -0.39 is 53.0 Å². The summed E-state index contributed by atoms with van der Waals surface area (Å²) < 4.78 is 59.2. The summed E-state index contributed by atoms with van der Waals surface area (Å²) in [7, 11) is 0. The fourth-order valence-electron chi connectivity index (χ4n) is 5.14. The van der Waals surface area contributed by atoms with Crippen molar-refractivity contribution in [2.24, 2.45) is 11.3 Å². The molecule has 11 heteroatoms. The molecule has 0 bridgehead atoms. The highest BCUT2D eigenvalue weighted by molar-refractivity contribution is 5.81. The smallest absolute Gasteiger partial charge is 0.251 e. The van der Waals surface area contributed by atoms with Gasteiger partial charge in [-0.3, -0.25) is 4.79 Å². The van der Waals surface area contributed by atoms with Gasteiger partial charge in [-0.2, -0.15) is 5.10 Å². The number of benzene rings is 1. The minimum absolute atomic E-state index is 0.00637. The van der Waals surface area contributed by atoms with Gasteiger partial charge in [0.25, 0.3) is 5.91 Å². The number of amides is 1. The average Bonchev–Trinajstić information content (AvgIpc) is 3.44. The van der Waals surface area contributed by atoms with Crippen LogP contribution in [-0.4, -0.2) is 62.6 Å². The third kappa shape index (κ3) is 6.58. The van der Waals surface area contributed by atoms with E-state index in [0.29, 0.717) is 12.1 Å². The van der Waals surface area contributed by atoms with Crippen LogP contribution in [0.1, 0.15) is 63.8 Å². The van der Waals surface area contributed by atoms with E-state index in [2.05, 4.69) is 15.4 Å². The zero-order chi connectivity index (χ0) is 28.5. The predicted molar refractivity (Wildman–Crippen MR) is 139 cm³/mol. The molecular weight excluding hydrogens is 514 g/mol. The van der Waals surface area contributed by atoms with Gasteiger partial charge in [-0.1, -0.05) is 32.9 Å². The van der Waals surface area contributed by atoms with Gasteiger partial charge in [0, 0.05) is 38.4 Å². The standard InChI is InChI=1S/C28H35F4N5O2/c1-16(38)27(39)36(15-18-12-33-13-23(18)32)24(28(2,3)4)26-34-25(21-11-20(30)8-9-22(21)31)35-37(26)14-17-6-5-7-19(29)10-17/h5-7,10-11,16,18,23-24,33,38H,8-9,12-15H2,1-4H3/t16-,18-,23-,24-/m0/s1. The van der Waals surface area contributed by atoms with Gasteiger partial charge in [0.2, 0.25) is 0 Å². The van der Waals surface area contributed by atoms with Crippen molar-refractivity contribution in [3.8, 4) is 0 Å². The van der Waals surface area contributed by atoms with Crippen LogP contribution in [0, 0.1) is 17.2 Å². The molecule has 1 fully saturated rings. The third-order valence-electron chi connectivity index (χ3n) is 7.04. The number of nitrogens with zero attached hydrogens (tertiary/aromatic N) is 4. The molecule has 2 heterocycles. The maximum Gasteiger partial charge on any atom is 0.251 e. The molecule has 0 saturated carbocycles. The quantitative estimate of drug-likeness (QED) is 0.469. The highest BCUT2D eigenvalue weighted by Gasteiger charge is 2.42. The predicted octanol–water partition coefficient (Wildman–Crippen LogP) is 4.65. The molecule has 0 spiro atoms. The molecule has 7 nitrogen and oxygen atoms in total. The summed E-state index contributed by atoms with van der Waals surface area (Å²) in [5.74, 6) is -2.50. The Balaban J connectivity index is 1.88. The summed E-state index contributed by atoms with van der Waals surface area (Å²) in [6.07, 6.45) is -1.70. The topological polar surface area (TPSA) is 83.3 Å². The molecule has 4 rings (SSSR count). The molecule has 1 aliphatic carbocycles. The normalized spacial score (nSPS) is 21.6. The van der Waals surface area contributed by atoms with Crippen LogP contribution in [0.3, 0.4) is 0 Å². The molecule has 1 saturated heterocycles. The second-order valence-corrected chi connectivity index (χ2v) is 11.4. The molecule has 212 valence electrons. The van der Waals surface area contributed by atoms with Gasteiger partial charge in [0.15, 0.2) is 11.6 Å². The summed E-state index contributed by atoms with van der Waals surface area (Å²) in [5.41, 5.74) is -0.271. The minimum Gasteiger partial charge on any atom is -0.384 e. The van der Waals surface area contributed by atoms with Crippen molar-refractivity contribution in [1.29, 1.82) is 0 Å². The van der Waals surface area contributed by atoms with Crippen molar-refractivity contribution in [2.75, 3.05) is 19.6 Å². The number of halogens is 4. The zero-order valence-electron chi connectivity index (χ0n) is 22.6. The second kappa shape index (κ2) is 11.6. The van der Waals surface area contributed by atoms with E-state index in [1.165, 1.54) is 28.6 Å². The minimum atomic E-state index is -1.38. The Morgan fingerprint density at radius 2 is 1.97 bits per heavy atom. The largest absolute Gasteiger partial charge is 0.384 e. The maximum atomic E-state index is 14.9. The van der Waals surface area contributed by atoms with Crippen molar-refractivity contribution in [1.82, 2.24) is 25.0 Å². The van der Waals surface area contributed by atoms with Crippen molar-refractivity contribution in [3.05, 3.63) is 65.0 Å². The molecule has 1 amide bonds. The Labute approximate surface area is 225 Å². The zero-order valence-corrected chi connectivity index (χ0v) is 22.6. The Morgan fingerprint density at radius 3 is 2.59 bits per heavy atom. The van der Waals surface area contributed by atoms with Gasteiger partial charge >= 0.3 is 0 Å². The highest BCUT2D eigenvalue weighted by Crippen LogP contribution is 2.40. The van der Waals surface area contributed by atoms with Crippen molar-refractivity contribution >= 4 is 11.5 Å². The van der Waals surface area contributed by atoms with E-state index in [1.54, 1.807) is 12.1 Å². The van der Waals surface area contributed by atoms with Gasteiger partial charge in [-0.05, 0) is 36.1 Å². The molecule has 0 unspecified atom stereocenters. The fourth-order valence-corrected chi connectivity index (χ4v) is 5.14. The first kappa shape index (κ1) is 28.9. The van der Waals surface area contributed by atoms with E-state index in [0.717, 1.165) is 6.08 Å². The van der Waals surface area contributed by atoms with Crippen molar-refractivity contribution in [2.45, 2.75) is 65.4 Å². The molecule has 0 radical (unpaired) electrons. The van der Waals surface area contributed by atoms with Crippen molar-refractivity contribution in [3.63, 3.8) is 0 Å². The molecular formula is C28H35F4N5O2.